The molecule has 4 nitrogen and oxygen atoms in total. The summed E-state index contributed by atoms with van der Waals surface area (Å²) in [7, 11) is 1.40. The SMILES string of the molecule is COC(=O)c1cc(CN2C[C@@H](C)S[C@H](C)C2)c[nH]1. The molecule has 2 heterocycles. The standard InChI is InChI=1S/C13H20N2O2S/c1-9-6-15(7-10(2)18-9)8-11-4-12(14-5-11)13(16)17-3/h4-5,9-10,14H,6-8H2,1-3H3/t9-,10-/m1/s1. The number of hydrogen-bond donors (Lipinski definition) is 1. The molecule has 0 aliphatic carbocycles. The lowest BCUT2D eigenvalue weighted by Crippen LogP contribution is -2.39. The van der Waals surface area contributed by atoms with Gasteiger partial charge in [0.05, 0.1) is 7.11 Å². The summed E-state index contributed by atoms with van der Waals surface area (Å²) in [5.74, 6) is -0.308. The topological polar surface area (TPSA) is 45.3 Å². The van der Waals surface area contributed by atoms with Crippen LogP contribution in [-0.2, 0) is 11.3 Å². The highest BCUT2D eigenvalue weighted by Crippen LogP contribution is 2.25. The molecule has 1 fully saturated rings. The Morgan fingerprint density at radius 1 is 1.50 bits per heavy atom. The molecular weight excluding hydrogens is 248 g/mol. The Kier molecular flexibility index (Phi) is 4.35. The molecule has 100 valence electrons. The van der Waals surface area contributed by atoms with Crippen LogP contribution in [0.25, 0.3) is 0 Å². The third-order valence-electron chi connectivity index (χ3n) is 3.05. The molecule has 0 bridgehead atoms. The number of carbonyl (C=O) groups excluding carboxylic acids is 1. The highest BCUT2D eigenvalue weighted by molar-refractivity contribution is 8.00. The van der Waals surface area contributed by atoms with Crippen LogP contribution in [0.4, 0.5) is 0 Å². The van der Waals surface area contributed by atoms with Crippen LogP contribution in [0.3, 0.4) is 0 Å². The van der Waals surface area contributed by atoms with E-state index in [1.54, 1.807) is 0 Å². The largest absolute Gasteiger partial charge is 0.464 e. The number of aromatic amines is 1. The number of rotatable bonds is 3. The Balaban J connectivity index is 1.96. The fourth-order valence-electron chi connectivity index (χ4n) is 2.43. The fourth-order valence-corrected chi connectivity index (χ4v) is 3.82. The summed E-state index contributed by atoms with van der Waals surface area (Å²) in [4.78, 5) is 16.8. The van der Waals surface area contributed by atoms with E-state index in [9.17, 15) is 4.79 Å². The van der Waals surface area contributed by atoms with Gasteiger partial charge in [0.25, 0.3) is 0 Å². The minimum Gasteiger partial charge on any atom is -0.464 e. The third kappa shape index (κ3) is 3.29. The van der Waals surface area contributed by atoms with Crippen molar-refractivity contribution in [3.63, 3.8) is 0 Å². The van der Waals surface area contributed by atoms with Gasteiger partial charge in [0.1, 0.15) is 5.69 Å². The van der Waals surface area contributed by atoms with Crippen LogP contribution in [0.5, 0.6) is 0 Å². The third-order valence-corrected chi connectivity index (χ3v) is 4.28. The van der Waals surface area contributed by atoms with Crippen molar-refractivity contribution in [3.05, 3.63) is 23.5 Å². The first-order valence-electron chi connectivity index (χ1n) is 6.22. The minimum atomic E-state index is -0.308. The average molecular weight is 268 g/mol. The lowest BCUT2D eigenvalue weighted by molar-refractivity contribution is 0.0595. The van der Waals surface area contributed by atoms with Crippen LogP contribution in [0.1, 0.15) is 29.9 Å². The van der Waals surface area contributed by atoms with Crippen LogP contribution in [-0.4, -0.2) is 46.6 Å². The summed E-state index contributed by atoms with van der Waals surface area (Å²) in [6.45, 7) is 7.64. The number of aromatic nitrogens is 1. The van der Waals surface area contributed by atoms with Gasteiger partial charge in [-0.15, -0.1) is 0 Å². The number of hydrogen-bond acceptors (Lipinski definition) is 4. The summed E-state index contributed by atoms with van der Waals surface area (Å²) >= 11 is 2.05. The van der Waals surface area contributed by atoms with Gasteiger partial charge in [-0.25, -0.2) is 4.79 Å². The zero-order chi connectivity index (χ0) is 13.1. The number of H-pyrrole nitrogens is 1. The summed E-state index contributed by atoms with van der Waals surface area (Å²) < 4.78 is 4.69. The lowest BCUT2D eigenvalue weighted by atomic mass is 10.2. The molecule has 0 unspecified atom stereocenters. The number of methoxy groups -OCH3 is 1. The molecule has 1 saturated heterocycles. The predicted octanol–water partition coefficient (Wildman–Crippen LogP) is 2.13. The zero-order valence-electron chi connectivity index (χ0n) is 11.1. The molecule has 0 aromatic carbocycles. The second-order valence-electron chi connectivity index (χ2n) is 4.86. The van der Waals surface area contributed by atoms with E-state index in [1.807, 2.05) is 24.0 Å². The molecule has 1 N–H and O–H groups in total. The van der Waals surface area contributed by atoms with E-state index in [0.717, 1.165) is 25.2 Å². The van der Waals surface area contributed by atoms with E-state index in [1.165, 1.54) is 7.11 Å². The Morgan fingerprint density at radius 2 is 2.17 bits per heavy atom. The van der Waals surface area contributed by atoms with E-state index < -0.39 is 0 Å². The van der Waals surface area contributed by atoms with E-state index in [-0.39, 0.29) is 5.97 Å². The summed E-state index contributed by atoms with van der Waals surface area (Å²) in [6.07, 6.45) is 1.89. The van der Waals surface area contributed by atoms with E-state index in [2.05, 4.69) is 28.5 Å². The van der Waals surface area contributed by atoms with Gasteiger partial charge in [0.2, 0.25) is 0 Å². The van der Waals surface area contributed by atoms with Crippen molar-refractivity contribution in [2.45, 2.75) is 30.9 Å². The maximum absolute atomic E-state index is 11.4. The van der Waals surface area contributed by atoms with Crippen molar-refractivity contribution in [2.75, 3.05) is 20.2 Å². The Bertz CT molecular complexity index is 409. The van der Waals surface area contributed by atoms with E-state index in [0.29, 0.717) is 16.2 Å². The Morgan fingerprint density at radius 3 is 2.78 bits per heavy atom. The molecule has 1 aromatic heterocycles. The lowest BCUT2D eigenvalue weighted by Gasteiger charge is -2.34. The van der Waals surface area contributed by atoms with Crippen LogP contribution >= 0.6 is 11.8 Å². The minimum absolute atomic E-state index is 0.308. The maximum Gasteiger partial charge on any atom is 0.354 e. The zero-order valence-corrected chi connectivity index (χ0v) is 11.9. The van der Waals surface area contributed by atoms with Crippen molar-refractivity contribution in [1.29, 1.82) is 0 Å². The normalized spacial score (nSPS) is 25.1. The van der Waals surface area contributed by atoms with Crippen LogP contribution in [0.15, 0.2) is 12.3 Å². The smallest absolute Gasteiger partial charge is 0.354 e. The quantitative estimate of drug-likeness (QED) is 0.853. The van der Waals surface area contributed by atoms with Gasteiger partial charge in [-0.05, 0) is 11.6 Å². The average Bonchev–Trinajstić information content (AvgIpc) is 2.75. The van der Waals surface area contributed by atoms with Gasteiger partial charge in [-0.3, -0.25) is 4.90 Å². The molecule has 18 heavy (non-hydrogen) atoms. The van der Waals surface area contributed by atoms with Crippen LogP contribution in [0, 0.1) is 0 Å². The van der Waals surface area contributed by atoms with Crippen molar-refractivity contribution in [1.82, 2.24) is 9.88 Å². The molecule has 2 atom stereocenters. The molecule has 0 radical (unpaired) electrons. The molecule has 0 saturated carbocycles. The first-order chi connectivity index (χ1) is 8.58. The number of nitrogens with one attached hydrogen (secondary N) is 1. The number of esters is 1. The highest BCUT2D eigenvalue weighted by Gasteiger charge is 2.22. The number of ether oxygens (including phenoxy) is 1. The highest BCUT2D eigenvalue weighted by atomic mass is 32.2. The number of carbonyl (C=O) groups is 1. The Hall–Kier alpha value is -0.940. The van der Waals surface area contributed by atoms with E-state index in [4.69, 9.17) is 0 Å². The van der Waals surface area contributed by atoms with E-state index >= 15 is 0 Å². The van der Waals surface area contributed by atoms with Gasteiger partial charge in [0, 0.05) is 36.3 Å². The number of nitrogens with zero attached hydrogens (tertiary/aromatic N) is 1. The first kappa shape index (κ1) is 13.5. The van der Waals surface area contributed by atoms with Gasteiger partial charge in [0.15, 0.2) is 0 Å². The second kappa shape index (κ2) is 5.80. The van der Waals surface area contributed by atoms with Gasteiger partial charge in [-0.2, -0.15) is 11.8 Å². The second-order valence-corrected chi connectivity index (χ2v) is 6.75. The summed E-state index contributed by atoms with van der Waals surface area (Å²) in [6, 6.07) is 1.88. The monoisotopic (exact) mass is 268 g/mol. The molecule has 5 heteroatoms. The number of thioether (sulfide) groups is 1. The maximum atomic E-state index is 11.4. The van der Waals surface area contributed by atoms with Gasteiger partial charge in [-0.1, -0.05) is 13.8 Å². The van der Waals surface area contributed by atoms with Crippen molar-refractivity contribution < 1.29 is 9.53 Å². The van der Waals surface area contributed by atoms with Crippen LogP contribution in [0.2, 0.25) is 0 Å². The summed E-state index contributed by atoms with van der Waals surface area (Å²) in [5, 5.41) is 1.35. The summed E-state index contributed by atoms with van der Waals surface area (Å²) in [5.41, 5.74) is 1.67. The molecule has 1 aliphatic heterocycles. The molecule has 0 spiro atoms. The van der Waals surface area contributed by atoms with Gasteiger partial charge >= 0.3 is 5.97 Å². The predicted molar refractivity (Wildman–Crippen MR) is 73.9 cm³/mol. The molecule has 2 rings (SSSR count). The molecule has 1 aromatic rings. The van der Waals surface area contributed by atoms with Gasteiger partial charge < -0.3 is 9.72 Å². The van der Waals surface area contributed by atoms with Crippen molar-refractivity contribution in [2.24, 2.45) is 0 Å². The fraction of sp³-hybridized carbons (Fsp3) is 0.615. The van der Waals surface area contributed by atoms with Crippen molar-refractivity contribution >= 4 is 17.7 Å². The van der Waals surface area contributed by atoms with Crippen molar-refractivity contribution in [3.8, 4) is 0 Å². The first-order valence-corrected chi connectivity index (χ1v) is 7.16. The molecule has 1 aliphatic rings. The molecule has 0 amide bonds. The Labute approximate surface area is 112 Å². The molecular formula is C13H20N2O2S. The van der Waals surface area contributed by atoms with Crippen LogP contribution < -0.4 is 0 Å².